The van der Waals surface area contributed by atoms with Crippen molar-refractivity contribution >= 4 is 17.7 Å². The molecule has 1 N–H and O–H groups in total. The lowest BCUT2D eigenvalue weighted by molar-refractivity contribution is 0.187. The van der Waals surface area contributed by atoms with Gasteiger partial charge < -0.3 is 14.6 Å². The van der Waals surface area contributed by atoms with Gasteiger partial charge in [-0.15, -0.1) is 0 Å². The first-order valence-electron chi connectivity index (χ1n) is 5.11. The van der Waals surface area contributed by atoms with Gasteiger partial charge in [-0.3, -0.25) is 0 Å². The van der Waals surface area contributed by atoms with E-state index in [9.17, 15) is 0 Å². The summed E-state index contributed by atoms with van der Waals surface area (Å²) in [5, 5.41) is 3.32. The van der Waals surface area contributed by atoms with Gasteiger partial charge in [-0.1, -0.05) is 0 Å². The molecule has 0 bridgehead atoms. The van der Waals surface area contributed by atoms with Crippen LogP contribution in [-0.2, 0) is 11.3 Å². The van der Waals surface area contributed by atoms with Gasteiger partial charge >= 0.3 is 0 Å². The van der Waals surface area contributed by atoms with Crippen molar-refractivity contribution in [3.05, 3.63) is 12.4 Å². The number of anilines is 1. The van der Waals surface area contributed by atoms with Gasteiger partial charge in [0.15, 0.2) is 0 Å². The van der Waals surface area contributed by atoms with Crippen molar-refractivity contribution in [2.24, 2.45) is 0 Å². The molecule has 0 radical (unpaired) electrons. The fraction of sp³-hybridized carbons (Fsp3) is 0.700. The van der Waals surface area contributed by atoms with Crippen molar-refractivity contribution in [3.8, 4) is 0 Å². The van der Waals surface area contributed by atoms with Crippen LogP contribution >= 0.6 is 11.8 Å². The lowest BCUT2D eigenvalue weighted by atomic mass is 10.5. The van der Waals surface area contributed by atoms with Gasteiger partial charge in [-0.25, -0.2) is 4.98 Å². The SMILES string of the molecule is COCCn1ccnc1NCCCSC. The molecule has 0 aliphatic carbocycles. The van der Waals surface area contributed by atoms with Crippen LogP contribution in [0.5, 0.6) is 0 Å². The number of ether oxygens (including phenoxy) is 1. The largest absolute Gasteiger partial charge is 0.383 e. The first-order chi connectivity index (χ1) is 7.38. The summed E-state index contributed by atoms with van der Waals surface area (Å²) in [7, 11) is 1.71. The average Bonchev–Trinajstić information content (AvgIpc) is 2.69. The summed E-state index contributed by atoms with van der Waals surface area (Å²) in [5.74, 6) is 2.12. The highest BCUT2D eigenvalue weighted by molar-refractivity contribution is 7.98. The zero-order valence-electron chi connectivity index (χ0n) is 9.40. The number of methoxy groups -OCH3 is 1. The quantitative estimate of drug-likeness (QED) is 0.689. The van der Waals surface area contributed by atoms with E-state index in [-0.39, 0.29) is 0 Å². The Morgan fingerprint density at radius 3 is 3.20 bits per heavy atom. The Labute approximate surface area is 95.4 Å². The molecule has 0 saturated heterocycles. The van der Waals surface area contributed by atoms with E-state index in [1.165, 1.54) is 5.75 Å². The molecule has 0 aliphatic rings. The number of rotatable bonds is 8. The highest BCUT2D eigenvalue weighted by Crippen LogP contribution is 2.04. The first kappa shape index (κ1) is 12.4. The van der Waals surface area contributed by atoms with Crippen LogP contribution in [0.15, 0.2) is 12.4 Å². The van der Waals surface area contributed by atoms with E-state index < -0.39 is 0 Å². The van der Waals surface area contributed by atoms with Crippen molar-refractivity contribution < 1.29 is 4.74 Å². The Bertz CT molecular complexity index is 265. The van der Waals surface area contributed by atoms with Crippen LogP contribution in [0, 0.1) is 0 Å². The van der Waals surface area contributed by atoms with Gasteiger partial charge in [0.2, 0.25) is 5.95 Å². The summed E-state index contributed by atoms with van der Waals surface area (Å²) < 4.78 is 7.11. The van der Waals surface area contributed by atoms with Gasteiger partial charge in [0.05, 0.1) is 6.61 Å². The lowest BCUT2D eigenvalue weighted by Crippen LogP contribution is -2.11. The van der Waals surface area contributed by atoms with Crippen LogP contribution in [0.4, 0.5) is 5.95 Å². The molecule has 0 unspecified atom stereocenters. The molecular formula is C10H19N3OS. The van der Waals surface area contributed by atoms with E-state index in [1.54, 1.807) is 7.11 Å². The van der Waals surface area contributed by atoms with Crippen molar-refractivity contribution in [3.63, 3.8) is 0 Å². The number of nitrogens with zero attached hydrogens (tertiary/aromatic N) is 2. The first-order valence-corrected chi connectivity index (χ1v) is 6.50. The van der Waals surface area contributed by atoms with Crippen LogP contribution in [0.2, 0.25) is 0 Å². The third-order valence-electron chi connectivity index (χ3n) is 2.06. The maximum atomic E-state index is 5.03. The summed E-state index contributed by atoms with van der Waals surface area (Å²) in [5.41, 5.74) is 0. The molecule has 4 nitrogen and oxygen atoms in total. The van der Waals surface area contributed by atoms with E-state index in [0.717, 1.165) is 32.1 Å². The summed E-state index contributed by atoms with van der Waals surface area (Å²) in [6.45, 7) is 2.54. The molecule has 5 heteroatoms. The molecule has 1 heterocycles. The Morgan fingerprint density at radius 1 is 1.60 bits per heavy atom. The maximum absolute atomic E-state index is 5.03. The number of hydrogen-bond donors (Lipinski definition) is 1. The summed E-state index contributed by atoms with van der Waals surface area (Å²) in [6, 6.07) is 0. The van der Waals surface area contributed by atoms with Crippen LogP contribution < -0.4 is 5.32 Å². The summed E-state index contributed by atoms with van der Waals surface area (Å²) in [4.78, 5) is 4.26. The molecule has 0 aromatic carbocycles. The minimum atomic E-state index is 0.718. The van der Waals surface area contributed by atoms with E-state index in [4.69, 9.17) is 4.74 Å². The van der Waals surface area contributed by atoms with Crippen LogP contribution in [0.1, 0.15) is 6.42 Å². The molecule has 1 rings (SSSR count). The Hall–Kier alpha value is -0.680. The number of aromatic nitrogens is 2. The smallest absolute Gasteiger partial charge is 0.202 e. The zero-order valence-corrected chi connectivity index (χ0v) is 10.2. The van der Waals surface area contributed by atoms with Crippen LogP contribution in [0.3, 0.4) is 0 Å². The monoisotopic (exact) mass is 229 g/mol. The molecule has 15 heavy (non-hydrogen) atoms. The van der Waals surface area contributed by atoms with Crippen LogP contribution in [-0.4, -0.2) is 41.8 Å². The van der Waals surface area contributed by atoms with Gasteiger partial charge in [0.1, 0.15) is 0 Å². The molecule has 0 amide bonds. The number of imidazole rings is 1. The fourth-order valence-corrected chi connectivity index (χ4v) is 1.70. The normalized spacial score (nSPS) is 10.5. The fourth-order valence-electron chi connectivity index (χ4n) is 1.26. The molecule has 0 saturated carbocycles. The zero-order chi connectivity index (χ0) is 10.9. The predicted octanol–water partition coefficient (Wildman–Crippen LogP) is 1.69. The second-order valence-electron chi connectivity index (χ2n) is 3.21. The van der Waals surface area contributed by atoms with Gasteiger partial charge in [0, 0.05) is 32.6 Å². The summed E-state index contributed by atoms with van der Waals surface area (Å²) >= 11 is 1.87. The molecule has 1 aromatic heterocycles. The summed E-state index contributed by atoms with van der Waals surface area (Å²) in [6.07, 6.45) is 7.07. The second kappa shape index (κ2) is 7.59. The van der Waals surface area contributed by atoms with E-state index in [2.05, 4.69) is 21.1 Å². The highest BCUT2D eigenvalue weighted by Gasteiger charge is 2.00. The highest BCUT2D eigenvalue weighted by atomic mass is 32.2. The third-order valence-corrected chi connectivity index (χ3v) is 2.76. The number of nitrogens with one attached hydrogen (secondary N) is 1. The third kappa shape index (κ3) is 4.57. The van der Waals surface area contributed by atoms with Crippen molar-refractivity contribution in [1.82, 2.24) is 9.55 Å². The van der Waals surface area contributed by atoms with Gasteiger partial charge in [-0.2, -0.15) is 11.8 Å². The molecule has 0 aliphatic heterocycles. The molecule has 0 atom stereocenters. The minimum absolute atomic E-state index is 0.718. The molecule has 0 spiro atoms. The standard InChI is InChI=1S/C10H19N3OS/c1-14-8-7-13-6-5-12-10(13)11-4-3-9-15-2/h5-6H,3-4,7-9H2,1-2H3,(H,11,12). The maximum Gasteiger partial charge on any atom is 0.202 e. The van der Waals surface area contributed by atoms with E-state index >= 15 is 0 Å². The molecule has 1 aromatic rings. The van der Waals surface area contributed by atoms with E-state index in [0.29, 0.717) is 0 Å². The topological polar surface area (TPSA) is 39.1 Å². The Morgan fingerprint density at radius 2 is 2.47 bits per heavy atom. The second-order valence-corrected chi connectivity index (χ2v) is 4.20. The van der Waals surface area contributed by atoms with Crippen molar-refractivity contribution in [1.29, 1.82) is 0 Å². The number of thioether (sulfide) groups is 1. The van der Waals surface area contributed by atoms with Gasteiger partial charge in [0.25, 0.3) is 0 Å². The van der Waals surface area contributed by atoms with Gasteiger partial charge in [-0.05, 0) is 18.4 Å². The molecular weight excluding hydrogens is 210 g/mol. The van der Waals surface area contributed by atoms with Crippen LogP contribution in [0.25, 0.3) is 0 Å². The molecule has 0 fully saturated rings. The van der Waals surface area contributed by atoms with Crippen molar-refractivity contribution in [2.75, 3.05) is 37.6 Å². The number of hydrogen-bond acceptors (Lipinski definition) is 4. The molecule has 86 valence electrons. The minimum Gasteiger partial charge on any atom is -0.383 e. The Balaban J connectivity index is 2.29. The van der Waals surface area contributed by atoms with E-state index in [1.807, 2.05) is 24.2 Å². The predicted molar refractivity (Wildman–Crippen MR) is 65.6 cm³/mol. The Kier molecular flexibility index (Phi) is 6.27. The van der Waals surface area contributed by atoms with Crippen molar-refractivity contribution in [2.45, 2.75) is 13.0 Å². The average molecular weight is 229 g/mol. The lowest BCUT2D eigenvalue weighted by Gasteiger charge is -2.08.